The zero-order valence-electron chi connectivity index (χ0n) is 11.8. The molecule has 0 aliphatic rings. The van der Waals surface area contributed by atoms with Crippen LogP contribution < -0.4 is 11.1 Å². The average molecular weight is 413 g/mol. The van der Waals surface area contributed by atoms with Gasteiger partial charge in [0.2, 0.25) is 0 Å². The van der Waals surface area contributed by atoms with E-state index in [0.717, 1.165) is 4.88 Å². The Morgan fingerprint density at radius 3 is 2.26 bits per heavy atom. The number of primary amides is 1. The monoisotopic (exact) mass is 411 g/mol. The van der Waals surface area contributed by atoms with Gasteiger partial charge >= 0.3 is 0 Å². The minimum atomic E-state index is -0.681. The van der Waals surface area contributed by atoms with Crippen LogP contribution in [0.1, 0.15) is 31.3 Å². The van der Waals surface area contributed by atoms with E-state index >= 15 is 0 Å². The van der Waals surface area contributed by atoms with Crippen LogP contribution in [0.15, 0.2) is 0 Å². The predicted molar refractivity (Wildman–Crippen MR) is 94.5 cm³/mol. The van der Waals surface area contributed by atoms with Gasteiger partial charge in [-0.2, -0.15) is 0 Å². The van der Waals surface area contributed by atoms with Gasteiger partial charge in [-0.1, -0.05) is 46.4 Å². The lowest BCUT2D eigenvalue weighted by Gasteiger charge is -2.09. The maximum Gasteiger partial charge on any atom is 0.276 e. The number of halogens is 4. The van der Waals surface area contributed by atoms with Crippen LogP contribution in [-0.2, 0) is 0 Å². The number of nitrogens with one attached hydrogen (secondary N) is 1. The standard InChI is InChI=1S/C13H9Cl4N3O2S/c1-3-4(2)23-13(5(3)11(18)21)20-12(22)9-7(15)6(14)8(16)10(17)19-9/h1-2H3,(H2,18,21)(H,20,22). The van der Waals surface area contributed by atoms with Gasteiger partial charge in [-0.05, 0) is 19.4 Å². The van der Waals surface area contributed by atoms with Crippen molar-refractivity contribution in [1.29, 1.82) is 0 Å². The first-order valence-electron chi connectivity index (χ1n) is 6.06. The highest BCUT2D eigenvalue weighted by atomic mass is 35.5. The highest BCUT2D eigenvalue weighted by molar-refractivity contribution is 7.16. The molecule has 0 aliphatic carbocycles. The van der Waals surface area contributed by atoms with Crippen molar-refractivity contribution in [3.05, 3.63) is 41.9 Å². The third-order valence-corrected chi connectivity index (χ3v) is 5.86. The fraction of sp³-hybridized carbons (Fsp3) is 0.154. The van der Waals surface area contributed by atoms with Gasteiger partial charge in [-0.25, -0.2) is 4.98 Å². The Morgan fingerprint density at radius 1 is 1.09 bits per heavy atom. The summed E-state index contributed by atoms with van der Waals surface area (Å²) in [6.07, 6.45) is 0. The second-order valence-electron chi connectivity index (χ2n) is 4.50. The molecule has 5 nitrogen and oxygen atoms in total. The molecule has 2 aromatic rings. The number of rotatable bonds is 3. The smallest absolute Gasteiger partial charge is 0.276 e. The first kappa shape index (κ1) is 18.3. The molecule has 0 spiro atoms. The van der Waals surface area contributed by atoms with Crippen LogP contribution in [0.2, 0.25) is 20.2 Å². The van der Waals surface area contributed by atoms with Crippen LogP contribution in [0.25, 0.3) is 0 Å². The molecule has 0 bridgehead atoms. The molecular weight excluding hydrogens is 404 g/mol. The summed E-state index contributed by atoms with van der Waals surface area (Å²) in [6, 6.07) is 0. The quantitative estimate of drug-likeness (QED) is 0.714. The number of aryl methyl sites for hydroxylation is 1. The summed E-state index contributed by atoms with van der Waals surface area (Å²) in [7, 11) is 0. The van der Waals surface area contributed by atoms with Crippen molar-refractivity contribution in [1.82, 2.24) is 4.98 Å². The maximum absolute atomic E-state index is 12.4. The van der Waals surface area contributed by atoms with E-state index in [0.29, 0.717) is 10.6 Å². The average Bonchev–Trinajstić information content (AvgIpc) is 2.75. The molecule has 23 heavy (non-hydrogen) atoms. The molecule has 2 amide bonds. The van der Waals surface area contributed by atoms with Crippen molar-refractivity contribution in [3.63, 3.8) is 0 Å². The van der Waals surface area contributed by atoms with E-state index in [4.69, 9.17) is 52.1 Å². The molecule has 0 saturated heterocycles. The highest BCUT2D eigenvalue weighted by Crippen LogP contribution is 2.37. The zero-order chi connectivity index (χ0) is 17.5. The van der Waals surface area contributed by atoms with E-state index in [2.05, 4.69) is 10.3 Å². The Kier molecular flexibility index (Phi) is 5.43. The normalized spacial score (nSPS) is 10.7. The Labute approximate surface area is 155 Å². The molecule has 122 valence electrons. The summed E-state index contributed by atoms with van der Waals surface area (Å²) in [5.41, 5.74) is 6.09. The van der Waals surface area contributed by atoms with Crippen molar-refractivity contribution in [2.24, 2.45) is 5.73 Å². The predicted octanol–water partition coefficient (Wildman–Crippen LogP) is 4.72. The minimum absolute atomic E-state index is 0.0458. The first-order valence-corrected chi connectivity index (χ1v) is 8.39. The first-order chi connectivity index (χ1) is 10.6. The van der Waals surface area contributed by atoms with E-state index in [1.165, 1.54) is 11.3 Å². The fourth-order valence-electron chi connectivity index (χ4n) is 1.81. The summed E-state index contributed by atoms with van der Waals surface area (Å²) >= 11 is 24.7. The number of aromatic nitrogens is 1. The number of anilines is 1. The Hall–Kier alpha value is -1.05. The number of carbonyl (C=O) groups excluding carboxylic acids is 2. The van der Waals surface area contributed by atoms with Gasteiger partial charge < -0.3 is 11.1 Å². The topological polar surface area (TPSA) is 85.1 Å². The summed E-state index contributed by atoms with van der Waals surface area (Å²) < 4.78 is 0. The van der Waals surface area contributed by atoms with Crippen LogP contribution >= 0.6 is 57.7 Å². The van der Waals surface area contributed by atoms with Gasteiger partial charge in [0.1, 0.15) is 10.2 Å². The maximum atomic E-state index is 12.4. The highest BCUT2D eigenvalue weighted by Gasteiger charge is 2.24. The molecule has 0 fully saturated rings. The number of pyridine rings is 1. The van der Waals surface area contributed by atoms with E-state index in [1.54, 1.807) is 6.92 Å². The Bertz CT molecular complexity index is 835. The third kappa shape index (κ3) is 3.41. The molecule has 0 unspecified atom stereocenters. The van der Waals surface area contributed by atoms with E-state index in [-0.39, 0.29) is 31.5 Å². The summed E-state index contributed by atoms with van der Waals surface area (Å²) in [5.74, 6) is -1.33. The number of nitrogens with zero attached hydrogens (tertiary/aromatic N) is 1. The number of amides is 2. The number of nitrogens with two attached hydrogens (primary N) is 1. The molecule has 0 atom stereocenters. The van der Waals surface area contributed by atoms with Crippen LogP contribution in [-0.4, -0.2) is 16.8 Å². The number of thiophene rings is 1. The van der Waals surface area contributed by atoms with Crippen molar-refractivity contribution in [2.75, 3.05) is 5.32 Å². The SMILES string of the molecule is Cc1sc(NC(=O)c2nc(Cl)c(Cl)c(Cl)c2Cl)c(C(N)=O)c1C. The van der Waals surface area contributed by atoms with Gasteiger partial charge in [-0.15, -0.1) is 11.3 Å². The van der Waals surface area contributed by atoms with E-state index < -0.39 is 11.8 Å². The molecule has 0 aliphatic heterocycles. The molecule has 2 aromatic heterocycles. The molecule has 2 heterocycles. The number of hydrogen-bond acceptors (Lipinski definition) is 4. The van der Waals surface area contributed by atoms with Crippen LogP contribution in [0.3, 0.4) is 0 Å². The van der Waals surface area contributed by atoms with Crippen LogP contribution in [0, 0.1) is 13.8 Å². The zero-order valence-corrected chi connectivity index (χ0v) is 15.6. The van der Waals surface area contributed by atoms with Gasteiger partial charge in [0, 0.05) is 4.88 Å². The van der Waals surface area contributed by atoms with E-state index in [1.807, 2.05) is 6.92 Å². The lowest BCUT2D eigenvalue weighted by atomic mass is 10.1. The molecule has 10 heteroatoms. The van der Waals surface area contributed by atoms with Crippen molar-refractivity contribution in [2.45, 2.75) is 13.8 Å². The largest absolute Gasteiger partial charge is 0.365 e. The second kappa shape index (κ2) is 6.83. The van der Waals surface area contributed by atoms with Gasteiger partial charge in [0.05, 0.1) is 20.6 Å². The van der Waals surface area contributed by atoms with Crippen LogP contribution in [0.5, 0.6) is 0 Å². The van der Waals surface area contributed by atoms with Crippen LogP contribution in [0.4, 0.5) is 5.00 Å². The lowest BCUT2D eigenvalue weighted by molar-refractivity contribution is 0.100. The van der Waals surface area contributed by atoms with Crippen molar-refractivity contribution in [3.8, 4) is 0 Å². The lowest BCUT2D eigenvalue weighted by Crippen LogP contribution is -2.18. The second-order valence-corrected chi connectivity index (χ2v) is 7.22. The summed E-state index contributed by atoms with van der Waals surface area (Å²) in [5, 5.41) is 2.45. The van der Waals surface area contributed by atoms with Crippen molar-refractivity contribution < 1.29 is 9.59 Å². The molecule has 0 saturated carbocycles. The van der Waals surface area contributed by atoms with Gasteiger partial charge in [-0.3, -0.25) is 9.59 Å². The number of hydrogen-bond donors (Lipinski definition) is 2. The van der Waals surface area contributed by atoms with Gasteiger partial charge in [0.25, 0.3) is 11.8 Å². The van der Waals surface area contributed by atoms with Crippen molar-refractivity contribution >= 4 is 74.6 Å². The number of carbonyl (C=O) groups is 2. The Morgan fingerprint density at radius 2 is 1.70 bits per heavy atom. The Balaban J connectivity index is 2.46. The van der Waals surface area contributed by atoms with E-state index in [9.17, 15) is 9.59 Å². The molecule has 0 radical (unpaired) electrons. The molecule has 2 rings (SSSR count). The fourth-order valence-corrected chi connectivity index (χ4v) is 3.69. The molecule has 0 aromatic carbocycles. The van der Waals surface area contributed by atoms with Gasteiger partial charge in [0.15, 0.2) is 5.69 Å². The molecule has 3 N–H and O–H groups in total. The summed E-state index contributed by atoms with van der Waals surface area (Å²) in [4.78, 5) is 28.6. The minimum Gasteiger partial charge on any atom is -0.365 e. The summed E-state index contributed by atoms with van der Waals surface area (Å²) in [6.45, 7) is 3.55. The third-order valence-electron chi connectivity index (χ3n) is 3.06. The molecular formula is C13H9Cl4N3O2S.